The number of aryl methyl sites for hydroxylation is 2. The monoisotopic (exact) mass is 286 g/mol. The van der Waals surface area contributed by atoms with Crippen LogP contribution in [0.5, 0.6) is 0 Å². The van der Waals surface area contributed by atoms with E-state index in [-0.39, 0.29) is 11.9 Å². The van der Waals surface area contributed by atoms with E-state index in [9.17, 15) is 4.79 Å². The molecule has 0 bridgehead atoms. The van der Waals surface area contributed by atoms with Gasteiger partial charge in [-0.3, -0.25) is 4.79 Å². The molecule has 1 fully saturated rings. The van der Waals surface area contributed by atoms with Crippen molar-refractivity contribution in [1.29, 1.82) is 0 Å². The van der Waals surface area contributed by atoms with Crippen LogP contribution in [0.25, 0.3) is 11.0 Å². The molecule has 21 heavy (non-hydrogen) atoms. The Labute approximate surface area is 124 Å². The van der Waals surface area contributed by atoms with Crippen molar-refractivity contribution in [2.75, 3.05) is 13.1 Å². The van der Waals surface area contributed by atoms with Crippen molar-refractivity contribution in [3.05, 3.63) is 35.1 Å². The summed E-state index contributed by atoms with van der Waals surface area (Å²) < 4.78 is 5.58. The summed E-state index contributed by atoms with van der Waals surface area (Å²) in [7, 11) is 0. The number of furan rings is 1. The minimum atomic E-state index is 0.0737. The highest BCUT2D eigenvalue weighted by Crippen LogP contribution is 2.25. The Kier molecular flexibility index (Phi) is 3.97. The van der Waals surface area contributed by atoms with Crippen LogP contribution in [0.2, 0.25) is 0 Å². The van der Waals surface area contributed by atoms with E-state index in [0.29, 0.717) is 6.42 Å². The van der Waals surface area contributed by atoms with E-state index >= 15 is 0 Å². The van der Waals surface area contributed by atoms with Crippen molar-refractivity contribution in [2.45, 2.75) is 39.2 Å². The predicted octanol–water partition coefficient (Wildman–Crippen LogP) is 2.46. The summed E-state index contributed by atoms with van der Waals surface area (Å²) in [6, 6.07) is 4.41. The molecule has 0 saturated carbocycles. The predicted molar refractivity (Wildman–Crippen MR) is 83.4 cm³/mol. The first-order valence-corrected chi connectivity index (χ1v) is 7.61. The van der Waals surface area contributed by atoms with E-state index in [1.54, 1.807) is 6.26 Å². The molecule has 4 nitrogen and oxygen atoms in total. The molecule has 2 aromatic rings. The highest BCUT2D eigenvalue weighted by molar-refractivity contribution is 5.88. The summed E-state index contributed by atoms with van der Waals surface area (Å²) in [6.45, 7) is 6.08. The summed E-state index contributed by atoms with van der Waals surface area (Å²) in [5, 5.41) is 7.46. The molecule has 1 atom stereocenters. The van der Waals surface area contributed by atoms with Crippen LogP contribution in [-0.4, -0.2) is 25.0 Å². The van der Waals surface area contributed by atoms with Gasteiger partial charge in [0.2, 0.25) is 5.91 Å². The van der Waals surface area contributed by atoms with Crippen LogP contribution in [-0.2, 0) is 11.2 Å². The van der Waals surface area contributed by atoms with Gasteiger partial charge in [-0.2, -0.15) is 0 Å². The highest BCUT2D eigenvalue weighted by Gasteiger charge is 2.17. The maximum atomic E-state index is 12.2. The average Bonchev–Trinajstić information content (AvgIpc) is 2.83. The minimum Gasteiger partial charge on any atom is -0.464 e. The maximum Gasteiger partial charge on any atom is 0.224 e. The van der Waals surface area contributed by atoms with Gasteiger partial charge in [-0.05, 0) is 56.5 Å². The van der Waals surface area contributed by atoms with Gasteiger partial charge in [-0.1, -0.05) is 0 Å². The summed E-state index contributed by atoms with van der Waals surface area (Å²) in [4.78, 5) is 12.2. The molecule has 112 valence electrons. The lowest BCUT2D eigenvalue weighted by Crippen LogP contribution is -2.46. The normalized spacial score (nSPS) is 18.9. The zero-order chi connectivity index (χ0) is 14.8. The smallest absolute Gasteiger partial charge is 0.224 e. The summed E-state index contributed by atoms with van der Waals surface area (Å²) >= 11 is 0. The number of hydrogen-bond donors (Lipinski definition) is 2. The van der Waals surface area contributed by atoms with Crippen LogP contribution in [0.4, 0.5) is 0 Å². The van der Waals surface area contributed by atoms with E-state index in [1.165, 1.54) is 11.1 Å². The molecule has 1 amide bonds. The fourth-order valence-electron chi connectivity index (χ4n) is 2.90. The lowest BCUT2D eigenvalue weighted by Gasteiger charge is -2.23. The van der Waals surface area contributed by atoms with Gasteiger partial charge < -0.3 is 15.1 Å². The second-order valence-electron chi connectivity index (χ2n) is 5.98. The summed E-state index contributed by atoms with van der Waals surface area (Å²) in [6.07, 6.45) is 4.27. The Morgan fingerprint density at radius 1 is 1.38 bits per heavy atom. The lowest BCUT2D eigenvalue weighted by molar-refractivity contribution is -0.121. The fourth-order valence-corrected chi connectivity index (χ4v) is 2.90. The standard InChI is InChI=1S/C17H22N2O2/c1-11-6-15-13(10-21-16(15)7-12(11)2)8-17(20)19-14-4-3-5-18-9-14/h6-7,10,14,18H,3-5,8-9H2,1-2H3,(H,19,20)/t14-/m0/s1. The Morgan fingerprint density at radius 3 is 2.95 bits per heavy atom. The molecule has 3 rings (SSSR count). The van der Waals surface area contributed by atoms with Crippen molar-refractivity contribution in [3.8, 4) is 0 Å². The van der Waals surface area contributed by atoms with Gasteiger partial charge >= 0.3 is 0 Å². The van der Waals surface area contributed by atoms with Crippen LogP contribution in [0, 0.1) is 13.8 Å². The van der Waals surface area contributed by atoms with Crippen molar-refractivity contribution < 1.29 is 9.21 Å². The molecule has 1 aliphatic heterocycles. The number of hydrogen-bond acceptors (Lipinski definition) is 3. The molecule has 2 N–H and O–H groups in total. The van der Waals surface area contributed by atoms with E-state index in [1.807, 2.05) is 6.07 Å². The molecular formula is C17H22N2O2. The van der Waals surface area contributed by atoms with Crippen molar-refractivity contribution in [3.63, 3.8) is 0 Å². The zero-order valence-electron chi connectivity index (χ0n) is 12.7. The summed E-state index contributed by atoms with van der Waals surface area (Å²) in [5.74, 6) is 0.0737. The minimum absolute atomic E-state index is 0.0737. The number of rotatable bonds is 3. The van der Waals surface area contributed by atoms with Gasteiger partial charge in [0, 0.05) is 23.5 Å². The van der Waals surface area contributed by atoms with Gasteiger partial charge in [0.1, 0.15) is 5.58 Å². The van der Waals surface area contributed by atoms with E-state index in [4.69, 9.17) is 4.42 Å². The number of carbonyl (C=O) groups excluding carboxylic acids is 1. The second kappa shape index (κ2) is 5.90. The molecule has 0 aliphatic carbocycles. The lowest BCUT2D eigenvalue weighted by atomic mass is 10.0. The number of benzene rings is 1. The molecular weight excluding hydrogens is 264 g/mol. The Morgan fingerprint density at radius 2 is 2.19 bits per heavy atom. The van der Waals surface area contributed by atoms with Gasteiger partial charge in [-0.15, -0.1) is 0 Å². The molecule has 0 unspecified atom stereocenters. The SMILES string of the molecule is Cc1cc2occ(CC(=O)N[C@H]3CCCNC3)c2cc1C. The van der Waals surface area contributed by atoms with Crippen LogP contribution < -0.4 is 10.6 Å². The first-order valence-electron chi connectivity index (χ1n) is 7.61. The fraction of sp³-hybridized carbons (Fsp3) is 0.471. The molecule has 1 aliphatic rings. The summed E-state index contributed by atoms with van der Waals surface area (Å²) in [5.41, 5.74) is 4.26. The number of fused-ring (bicyclic) bond motifs is 1. The van der Waals surface area contributed by atoms with Crippen LogP contribution >= 0.6 is 0 Å². The first-order chi connectivity index (χ1) is 10.1. The first kappa shape index (κ1) is 14.1. The molecule has 0 radical (unpaired) electrons. The number of amides is 1. The molecule has 0 spiro atoms. The van der Waals surface area contributed by atoms with Gasteiger partial charge in [-0.25, -0.2) is 0 Å². The highest BCUT2D eigenvalue weighted by atomic mass is 16.3. The molecule has 2 heterocycles. The average molecular weight is 286 g/mol. The van der Waals surface area contributed by atoms with Gasteiger partial charge in [0.25, 0.3) is 0 Å². The topological polar surface area (TPSA) is 54.3 Å². The Balaban J connectivity index is 1.72. The number of nitrogens with one attached hydrogen (secondary N) is 2. The van der Waals surface area contributed by atoms with E-state index in [0.717, 1.165) is 42.5 Å². The van der Waals surface area contributed by atoms with Crippen molar-refractivity contribution >= 4 is 16.9 Å². The van der Waals surface area contributed by atoms with E-state index in [2.05, 4.69) is 30.5 Å². The number of piperidine rings is 1. The molecule has 1 saturated heterocycles. The Hall–Kier alpha value is -1.81. The van der Waals surface area contributed by atoms with Crippen molar-refractivity contribution in [2.24, 2.45) is 0 Å². The number of carbonyl (C=O) groups is 1. The van der Waals surface area contributed by atoms with Crippen molar-refractivity contribution in [1.82, 2.24) is 10.6 Å². The zero-order valence-corrected chi connectivity index (χ0v) is 12.7. The third-order valence-electron chi connectivity index (χ3n) is 4.28. The van der Waals surface area contributed by atoms with Crippen LogP contribution in [0.3, 0.4) is 0 Å². The Bertz CT molecular complexity index is 654. The largest absolute Gasteiger partial charge is 0.464 e. The molecule has 1 aromatic heterocycles. The molecule has 1 aromatic carbocycles. The van der Waals surface area contributed by atoms with Crippen LogP contribution in [0.1, 0.15) is 29.5 Å². The third-order valence-corrected chi connectivity index (χ3v) is 4.28. The maximum absolute atomic E-state index is 12.2. The quantitative estimate of drug-likeness (QED) is 0.911. The van der Waals surface area contributed by atoms with E-state index < -0.39 is 0 Å². The second-order valence-corrected chi connectivity index (χ2v) is 5.98. The van der Waals surface area contributed by atoms with Gasteiger partial charge in [0.05, 0.1) is 12.7 Å². The van der Waals surface area contributed by atoms with Crippen LogP contribution in [0.15, 0.2) is 22.8 Å². The van der Waals surface area contributed by atoms with Gasteiger partial charge in [0.15, 0.2) is 0 Å². The molecule has 4 heteroatoms. The third kappa shape index (κ3) is 3.10.